The maximum atomic E-state index is 12.3. The first-order valence-corrected chi connectivity index (χ1v) is 5.37. The molecule has 1 fully saturated rings. The molecular formula is C10H16BF3KNO2. The monoisotopic (exact) mass is 289 g/mol. The molecule has 1 amide bonds. The fourth-order valence-corrected chi connectivity index (χ4v) is 1.46. The van der Waals surface area contributed by atoms with Crippen LogP contribution in [0.15, 0.2) is 12.1 Å². The van der Waals surface area contributed by atoms with Crippen molar-refractivity contribution >= 4 is 13.1 Å². The van der Waals surface area contributed by atoms with Gasteiger partial charge in [0.15, 0.2) is 0 Å². The van der Waals surface area contributed by atoms with Gasteiger partial charge in [0.2, 0.25) is 0 Å². The number of hydrogen-bond acceptors (Lipinski definition) is 2. The zero-order valence-electron chi connectivity index (χ0n) is 11.2. The second-order valence-corrected chi connectivity index (χ2v) is 5.23. The standard InChI is InChI=1S/C10H16BF3NO2.K/c1-7(11(12,13)14)8-5-15(6-8)9(16)17-10(2,3)4;/h8H,1,5-6H2,2-4H3;/q-1;+1. The summed E-state index contributed by atoms with van der Waals surface area (Å²) >= 11 is 0. The Kier molecular flexibility index (Phi) is 6.48. The van der Waals surface area contributed by atoms with Crippen LogP contribution in [0.3, 0.4) is 0 Å². The number of carbonyl (C=O) groups excluding carboxylic acids is 1. The van der Waals surface area contributed by atoms with E-state index in [4.69, 9.17) is 4.74 Å². The molecule has 1 saturated heterocycles. The number of rotatable bonds is 2. The van der Waals surface area contributed by atoms with Gasteiger partial charge in [-0.1, -0.05) is 0 Å². The molecule has 0 atom stereocenters. The third-order valence-corrected chi connectivity index (χ3v) is 2.48. The summed E-state index contributed by atoms with van der Waals surface area (Å²) in [6, 6.07) is 0. The molecule has 1 rings (SSSR count). The van der Waals surface area contributed by atoms with Crippen molar-refractivity contribution in [2.45, 2.75) is 26.4 Å². The fourth-order valence-electron chi connectivity index (χ4n) is 1.46. The zero-order chi connectivity index (χ0) is 13.4. The minimum absolute atomic E-state index is 0. The van der Waals surface area contributed by atoms with E-state index in [9.17, 15) is 17.7 Å². The Morgan fingerprint density at radius 2 is 1.78 bits per heavy atom. The van der Waals surface area contributed by atoms with E-state index in [0.717, 1.165) is 0 Å². The average Bonchev–Trinajstić information content (AvgIpc) is 1.94. The summed E-state index contributed by atoms with van der Waals surface area (Å²) in [5, 5.41) is 0. The summed E-state index contributed by atoms with van der Waals surface area (Å²) in [5.41, 5.74) is -1.35. The Hall–Kier alpha value is 0.501. The molecule has 0 aliphatic carbocycles. The first-order chi connectivity index (χ1) is 7.50. The molecule has 0 spiro atoms. The molecule has 1 heterocycles. The molecule has 0 N–H and O–H groups in total. The van der Waals surface area contributed by atoms with E-state index in [0.29, 0.717) is 0 Å². The van der Waals surface area contributed by atoms with Gasteiger partial charge in [-0.25, -0.2) is 4.79 Å². The Morgan fingerprint density at radius 3 is 2.11 bits per heavy atom. The van der Waals surface area contributed by atoms with Crippen molar-refractivity contribution < 1.29 is 73.9 Å². The summed E-state index contributed by atoms with van der Waals surface area (Å²) in [4.78, 5) is 12.7. The van der Waals surface area contributed by atoms with Crippen LogP contribution in [0.25, 0.3) is 0 Å². The van der Waals surface area contributed by atoms with Crippen molar-refractivity contribution in [3.8, 4) is 0 Å². The van der Waals surface area contributed by atoms with E-state index in [1.165, 1.54) is 4.90 Å². The third-order valence-electron chi connectivity index (χ3n) is 2.48. The van der Waals surface area contributed by atoms with Crippen LogP contribution in [-0.2, 0) is 4.74 Å². The summed E-state index contributed by atoms with van der Waals surface area (Å²) in [6.07, 6.45) is -0.573. The molecule has 0 aromatic carbocycles. The van der Waals surface area contributed by atoms with Gasteiger partial charge in [0.1, 0.15) is 5.60 Å². The smallest absolute Gasteiger partial charge is 0.445 e. The zero-order valence-corrected chi connectivity index (χ0v) is 14.3. The molecule has 18 heavy (non-hydrogen) atoms. The van der Waals surface area contributed by atoms with Crippen LogP contribution in [0, 0.1) is 5.92 Å². The topological polar surface area (TPSA) is 29.5 Å². The first-order valence-electron chi connectivity index (χ1n) is 5.37. The number of halogens is 3. The van der Waals surface area contributed by atoms with Crippen molar-refractivity contribution in [1.29, 1.82) is 0 Å². The van der Waals surface area contributed by atoms with Crippen molar-refractivity contribution in [3.63, 3.8) is 0 Å². The second kappa shape index (κ2) is 6.30. The van der Waals surface area contributed by atoms with Crippen LogP contribution in [0.2, 0.25) is 0 Å². The minimum atomic E-state index is -5.01. The number of hydrogen-bond donors (Lipinski definition) is 0. The molecule has 0 aromatic heterocycles. The number of carbonyl (C=O) groups is 1. The van der Waals surface area contributed by atoms with E-state index < -0.39 is 30.1 Å². The maximum absolute atomic E-state index is 12.3. The molecule has 0 radical (unpaired) electrons. The maximum Gasteiger partial charge on any atom is 1.00 e. The van der Waals surface area contributed by atoms with Crippen LogP contribution >= 0.6 is 0 Å². The second-order valence-electron chi connectivity index (χ2n) is 5.23. The molecule has 0 unspecified atom stereocenters. The molecule has 0 aromatic rings. The van der Waals surface area contributed by atoms with Gasteiger partial charge in [-0.05, 0) is 26.7 Å². The minimum Gasteiger partial charge on any atom is -0.445 e. The van der Waals surface area contributed by atoms with Crippen LogP contribution in [-0.4, -0.2) is 36.7 Å². The van der Waals surface area contributed by atoms with Crippen molar-refractivity contribution in [2.24, 2.45) is 5.92 Å². The molecule has 98 valence electrons. The molecule has 0 bridgehead atoms. The van der Waals surface area contributed by atoms with Gasteiger partial charge < -0.3 is 22.6 Å². The van der Waals surface area contributed by atoms with E-state index in [-0.39, 0.29) is 64.5 Å². The summed E-state index contributed by atoms with van der Waals surface area (Å²) in [5.74, 6) is -0.678. The molecular weight excluding hydrogens is 273 g/mol. The fraction of sp³-hybridized carbons (Fsp3) is 0.700. The van der Waals surface area contributed by atoms with E-state index in [1.807, 2.05) is 0 Å². The summed E-state index contributed by atoms with van der Waals surface area (Å²) in [7, 11) is 0. The van der Waals surface area contributed by atoms with Crippen LogP contribution in [0.4, 0.5) is 17.7 Å². The number of amides is 1. The normalized spacial score (nSPS) is 16.7. The van der Waals surface area contributed by atoms with Gasteiger partial charge in [0.05, 0.1) is 0 Å². The summed E-state index contributed by atoms with van der Waals surface area (Å²) in [6.45, 7) is 3.23. The molecule has 1 aliphatic heterocycles. The first kappa shape index (κ1) is 18.5. The average molecular weight is 289 g/mol. The SMILES string of the molecule is C=C(C1CN(C(=O)OC(C)(C)C)C1)[B-](F)(F)F.[K+]. The Balaban J connectivity index is 0.00000289. The van der Waals surface area contributed by atoms with Gasteiger partial charge in [-0.15, -0.1) is 12.1 Å². The number of likely N-dealkylation sites (tertiary alicyclic amines) is 1. The van der Waals surface area contributed by atoms with Crippen molar-refractivity contribution in [3.05, 3.63) is 12.1 Å². The summed E-state index contributed by atoms with van der Waals surface area (Å²) < 4.78 is 42.1. The van der Waals surface area contributed by atoms with Crippen LogP contribution in [0.5, 0.6) is 0 Å². The quantitative estimate of drug-likeness (QED) is 0.659. The van der Waals surface area contributed by atoms with Gasteiger partial charge >= 0.3 is 64.5 Å². The van der Waals surface area contributed by atoms with Crippen LogP contribution in [0.1, 0.15) is 20.8 Å². The van der Waals surface area contributed by atoms with E-state index in [2.05, 4.69) is 6.58 Å². The Labute approximate surface area is 148 Å². The molecule has 8 heteroatoms. The van der Waals surface area contributed by atoms with Gasteiger partial charge in [-0.3, -0.25) is 0 Å². The Morgan fingerprint density at radius 1 is 1.33 bits per heavy atom. The predicted molar refractivity (Wildman–Crippen MR) is 59.5 cm³/mol. The number of ether oxygens (including phenoxy) is 1. The van der Waals surface area contributed by atoms with Crippen LogP contribution < -0.4 is 51.4 Å². The largest absolute Gasteiger partial charge is 1.00 e. The number of nitrogens with zero attached hydrogens (tertiary/aromatic N) is 1. The van der Waals surface area contributed by atoms with E-state index in [1.54, 1.807) is 20.8 Å². The third kappa shape index (κ3) is 5.24. The van der Waals surface area contributed by atoms with Crippen molar-refractivity contribution in [2.75, 3.05) is 13.1 Å². The molecule has 0 saturated carbocycles. The van der Waals surface area contributed by atoms with Gasteiger partial charge in [0, 0.05) is 13.1 Å². The van der Waals surface area contributed by atoms with Gasteiger partial charge in [0.25, 0.3) is 0 Å². The van der Waals surface area contributed by atoms with E-state index >= 15 is 0 Å². The van der Waals surface area contributed by atoms with Gasteiger partial charge in [-0.2, -0.15) is 0 Å². The predicted octanol–water partition coefficient (Wildman–Crippen LogP) is -0.200. The molecule has 3 nitrogen and oxygen atoms in total. The molecule has 1 aliphatic rings. The Bertz CT molecular complexity index is 335. The van der Waals surface area contributed by atoms with Crippen molar-refractivity contribution in [1.82, 2.24) is 4.90 Å².